The number of nitrogens with zero attached hydrogens (tertiary/aromatic N) is 3. The minimum absolute atomic E-state index is 0.00658. The van der Waals surface area contributed by atoms with E-state index < -0.39 is 200 Å². The molecule has 0 spiro atoms. The number of aromatic nitrogens is 2. The summed E-state index contributed by atoms with van der Waals surface area (Å²) in [5, 5.41) is 59.7. The van der Waals surface area contributed by atoms with E-state index in [1.54, 1.807) is 74.5 Å². The molecule has 12 atom stereocenters. The lowest BCUT2D eigenvalue weighted by Gasteiger charge is -2.31. The van der Waals surface area contributed by atoms with Gasteiger partial charge >= 0.3 is 5.97 Å². The van der Waals surface area contributed by atoms with E-state index in [1.165, 1.54) is 48.6 Å². The number of phenols is 1. The summed E-state index contributed by atoms with van der Waals surface area (Å²) in [5.74, 6) is -15.6. The van der Waals surface area contributed by atoms with Crippen molar-refractivity contribution in [1.29, 1.82) is 0 Å². The number of carboxylic acids is 1. The van der Waals surface area contributed by atoms with E-state index in [9.17, 15) is 92.0 Å². The number of carbonyl (C=O) groups excluding carboxylic acids is 15. The van der Waals surface area contributed by atoms with Crippen LogP contribution in [0.5, 0.6) is 5.75 Å². The van der Waals surface area contributed by atoms with Gasteiger partial charge in [0.25, 0.3) is 0 Å². The summed E-state index contributed by atoms with van der Waals surface area (Å²) in [5.41, 5.74) is 13.6. The van der Waals surface area contributed by atoms with E-state index in [-0.39, 0.29) is 87.6 Å². The maximum atomic E-state index is 14.8. The fraction of sp³-hybridized carbons (Fsp3) is 0.479. The molecule has 0 radical (unpaired) electrons. The largest absolute Gasteiger partial charge is 0.508 e. The van der Waals surface area contributed by atoms with E-state index in [0.717, 1.165) is 10.5 Å². The highest BCUT2D eigenvalue weighted by molar-refractivity contribution is 7.80. The third-order valence-electron chi connectivity index (χ3n) is 17.7. The highest BCUT2D eigenvalue weighted by atomic mass is 32.1. The summed E-state index contributed by atoms with van der Waals surface area (Å²) in [6, 6.07) is 7.77. The van der Waals surface area contributed by atoms with Crippen molar-refractivity contribution in [1.82, 2.24) is 83.6 Å². The van der Waals surface area contributed by atoms with Gasteiger partial charge in [-0.2, -0.15) is 25.3 Å². The van der Waals surface area contributed by atoms with Crippen molar-refractivity contribution < 1.29 is 92.0 Å². The van der Waals surface area contributed by atoms with Gasteiger partial charge in [-0.3, -0.25) is 71.9 Å². The number of aromatic hydroxyl groups is 1. The third-order valence-corrected chi connectivity index (χ3v) is 18.4. The molecule has 2 saturated heterocycles. The number of amides is 15. The Kier molecular flexibility index (Phi) is 34.9. The summed E-state index contributed by atoms with van der Waals surface area (Å²) >= 11 is 8.39. The number of phenolic OH excluding ortho intramolecular Hbond substituents is 1. The van der Waals surface area contributed by atoms with Crippen molar-refractivity contribution in [2.75, 3.05) is 50.8 Å². The second-order valence-corrected chi connectivity index (χ2v) is 27.5. The molecule has 0 bridgehead atoms. The van der Waals surface area contributed by atoms with Crippen LogP contribution in [0.4, 0.5) is 0 Å². The molecule has 4 aromatic rings. The number of nitrogens with one attached hydrogen (secondary N) is 13. The molecule has 6 rings (SSSR count). The van der Waals surface area contributed by atoms with Crippen LogP contribution in [0.1, 0.15) is 81.7 Å². The number of thiol groups is 2. The predicted molar refractivity (Wildman–Crippen MR) is 400 cm³/mol. The maximum Gasteiger partial charge on any atom is 0.326 e. The molecular weight excluding hydrogens is 1470 g/mol. The molecule has 20 N–H and O–H groups in total. The molecule has 110 heavy (non-hydrogen) atoms. The van der Waals surface area contributed by atoms with Crippen LogP contribution in [0, 0.1) is 5.92 Å². The number of rotatable bonds is 42. The van der Waals surface area contributed by atoms with Gasteiger partial charge in [0.05, 0.1) is 51.1 Å². The van der Waals surface area contributed by atoms with Crippen LogP contribution in [-0.4, -0.2) is 253 Å². The molecule has 39 heteroatoms. The van der Waals surface area contributed by atoms with Gasteiger partial charge in [-0.1, -0.05) is 86.6 Å². The Balaban J connectivity index is 1.05. The second kappa shape index (κ2) is 43.7. The van der Waals surface area contributed by atoms with Crippen LogP contribution in [0.25, 0.3) is 0 Å². The molecule has 37 nitrogen and oxygen atoms in total. The summed E-state index contributed by atoms with van der Waals surface area (Å²) in [6.45, 7) is 1.84. The Morgan fingerprint density at radius 1 is 0.518 bits per heavy atom. The molecule has 1 aromatic heterocycles. The standard InChI is InChI=1S/C71H96N18O19S2/c1-38(2)24-46(64(100)84-50(27-42-18-20-44(91)21-19-42)70(106)89-23-10-16-53(89)68(104)86-51(35-109)66(102)83-49(29-55(73)92)63(99)78-34-59(96)88-22-11-17-54(88)71(107)108)80-57(94)32-75-56(93)31-76-62(98)47(26-41-14-8-5-9-15-41)82-65(101)48(28-43-30-74-37-79-43)81-58(95)33-77-69(105)60(39(3)90)87-67(103)52(36-110)85-61(97)45(72)25-40-12-6-4-7-13-40/h4-9,12-15,18-21,30,37-39,45-54,60,90-91,109-110H,10-11,16-17,22-29,31-36,72H2,1-3H3,(H2,73,92)(H,74,79)(H,75,93)(H,76,98)(H,77,105)(H,78,99)(H,80,94)(H,81,95)(H,82,101)(H,83,102)(H,84,100)(H,85,97)(H,86,104)(H,87,103)(H,107,108)/t39-,45+,46+,47+,48+,49+,50+,51+,52+,53+,54+,60+/m1/s1. The van der Waals surface area contributed by atoms with Gasteiger partial charge in [-0.05, 0) is 80.2 Å². The summed E-state index contributed by atoms with van der Waals surface area (Å²) in [4.78, 5) is 225. The fourth-order valence-corrected chi connectivity index (χ4v) is 12.5. The number of aliphatic hydroxyl groups excluding tert-OH is 1. The summed E-state index contributed by atoms with van der Waals surface area (Å²) < 4.78 is 0. The zero-order valence-corrected chi connectivity index (χ0v) is 62.5. The van der Waals surface area contributed by atoms with Crippen LogP contribution in [0.15, 0.2) is 97.5 Å². The molecule has 0 unspecified atom stereocenters. The number of aliphatic carboxylic acids is 1. The first-order valence-corrected chi connectivity index (χ1v) is 36.7. The fourth-order valence-electron chi connectivity index (χ4n) is 12.0. The Morgan fingerprint density at radius 2 is 1.00 bits per heavy atom. The molecule has 0 aliphatic carbocycles. The number of likely N-dealkylation sites (tertiary alicyclic amines) is 2. The lowest BCUT2D eigenvalue weighted by molar-refractivity contribution is -0.148. The van der Waals surface area contributed by atoms with Crippen molar-refractivity contribution in [2.24, 2.45) is 17.4 Å². The highest BCUT2D eigenvalue weighted by Crippen LogP contribution is 2.22. The lowest BCUT2D eigenvalue weighted by atomic mass is 10.0. The first-order chi connectivity index (χ1) is 52.3. The first-order valence-electron chi connectivity index (χ1n) is 35.4. The van der Waals surface area contributed by atoms with Gasteiger partial charge < -0.3 is 105 Å². The molecule has 2 aliphatic rings. The topological polar surface area (TPSA) is 565 Å². The van der Waals surface area contributed by atoms with E-state index >= 15 is 0 Å². The normalized spacial score (nSPS) is 16.5. The van der Waals surface area contributed by atoms with Gasteiger partial charge in [-0.25, -0.2) is 9.78 Å². The molecule has 15 amide bonds. The van der Waals surface area contributed by atoms with E-state index in [4.69, 9.17) is 11.5 Å². The molecule has 2 aliphatic heterocycles. The number of nitrogens with two attached hydrogens (primary N) is 2. The second-order valence-electron chi connectivity index (χ2n) is 26.8. The Labute approximate surface area is 643 Å². The number of imidazole rings is 1. The van der Waals surface area contributed by atoms with Gasteiger partial charge in [0.15, 0.2) is 0 Å². The van der Waals surface area contributed by atoms with Crippen LogP contribution < -0.4 is 75.3 Å². The molecule has 3 aromatic carbocycles. The van der Waals surface area contributed by atoms with Gasteiger partial charge in [0, 0.05) is 55.7 Å². The van der Waals surface area contributed by atoms with Crippen molar-refractivity contribution in [3.05, 3.63) is 120 Å². The predicted octanol–water partition coefficient (Wildman–Crippen LogP) is -5.72. The van der Waals surface area contributed by atoms with Gasteiger partial charge in [0.2, 0.25) is 88.6 Å². The van der Waals surface area contributed by atoms with Crippen LogP contribution in [0.3, 0.4) is 0 Å². The average Bonchev–Trinajstić information content (AvgIpc) is 1.70. The van der Waals surface area contributed by atoms with Crippen LogP contribution in [-0.2, 0) is 102 Å². The maximum absolute atomic E-state index is 14.8. The smallest absolute Gasteiger partial charge is 0.326 e. The number of aliphatic hydroxyl groups is 1. The van der Waals surface area contributed by atoms with Crippen molar-refractivity contribution >= 4 is 120 Å². The zero-order valence-electron chi connectivity index (χ0n) is 60.7. The minimum Gasteiger partial charge on any atom is -0.508 e. The van der Waals surface area contributed by atoms with Crippen LogP contribution in [0.2, 0.25) is 0 Å². The van der Waals surface area contributed by atoms with E-state index in [2.05, 4.69) is 99.0 Å². The number of primary amides is 1. The molecule has 596 valence electrons. The summed E-state index contributed by atoms with van der Waals surface area (Å²) in [7, 11) is 0. The number of carbonyl (C=O) groups is 16. The number of aromatic amines is 1. The van der Waals surface area contributed by atoms with Crippen molar-refractivity contribution in [3.63, 3.8) is 0 Å². The number of hydrogen-bond acceptors (Lipinski definition) is 22. The Hall–Kier alpha value is -11.2. The molecule has 2 fully saturated rings. The highest BCUT2D eigenvalue weighted by Gasteiger charge is 2.41. The number of carboxylic acid groups (broad SMARTS) is 1. The van der Waals surface area contributed by atoms with E-state index in [1.807, 2.05) is 0 Å². The SMILES string of the molecule is CC(C)C[C@H](NC(=O)CNC(=O)CNC(=O)[C@H](Cc1ccccc1)NC(=O)[C@H](Cc1cnc[nH]1)NC(=O)CNC(=O)[C@@H](NC(=O)[C@H](CS)NC(=O)[C@@H](N)Cc1ccccc1)[C@@H](C)O)C(=O)N[C@@H](Cc1ccc(O)cc1)C(=O)N1CCC[C@H]1C(=O)N[C@@H](CS)C(=O)N[C@@H](CC(N)=O)C(=O)NCC(=O)N1CCC[C@H]1C(=O)O. The average molecular weight is 1570 g/mol. The first kappa shape index (κ1) is 87.7. The van der Waals surface area contributed by atoms with Crippen molar-refractivity contribution in [3.8, 4) is 5.75 Å². The van der Waals surface area contributed by atoms with Gasteiger partial charge in [0.1, 0.15) is 66.2 Å². The number of hydrogen-bond donors (Lipinski definition) is 20. The number of benzene rings is 3. The van der Waals surface area contributed by atoms with Gasteiger partial charge in [-0.15, -0.1) is 0 Å². The van der Waals surface area contributed by atoms with Crippen molar-refractivity contribution in [2.45, 2.75) is 158 Å². The summed E-state index contributed by atoms with van der Waals surface area (Å²) in [6.07, 6.45) is 0.923. The Morgan fingerprint density at radius 3 is 1.59 bits per heavy atom. The minimum atomic E-state index is -1.66. The van der Waals surface area contributed by atoms with Crippen LogP contribution >= 0.6 is 25.3 Å². The molecule has 0 saturated carbocycles. The van der Waals surface area contributed by atoms with E-state index in [0.29, 0.717) is 23.2 Å². The lowest BCUT2D eigenvalue weighted by Crippen LogP contribution is -2.60. The zero-order chi connectivity index (χ0) is 80.7. The third kappa shape index (κ3) is 28.1. The quantitative estimate of drug-likeness (QED) is 0.0184. The Bertz CT molecular complexity index is 3880. The molecule has 3 heterocycles. The number of H-pyrrole nitrogens is 1. The molecular formula is C71H96N18O19S2. The monoisotopic (exact) mass is 1570 g/mol.